The van der Waals surface area contributed by atoms with Gasteiger partial charge in [0.25, 0.3) is 0 Å². The highest BCUT2D eigenvalue weighted by Crippen LogP contribution is 2.38. The molecule has 2 N–H and O–H groups in total. The summed E-state index contributed by atoms with van der Waals surface area (Å²) in [4.78, 5) is 0. The third-order valence-corrected chi connectivity index (χ3v) is 3.75. The van der Waals surface area contributed by atoms with Gasteiger partial charge in [0.2, 0.25) is 0 Å². The highest BCUT2D eigenvalue weighted by atomic mass is 35.5. The molecule has 0 radical (unpaired) electrons. The summed E-state index contributed by atoms with van der Waals surface area (Å²) in [5, 5.41) is 0.610. The lowest BCUT2D eigenvalue weighted by Crippen LogP contribution is -2.21. The Hall–Kier alpha value is -0.930. The molecule has 1 aromatic rings. The Kier molecular flexibility index (Phi) is 4.94. The van der Waals surface area contributed by atoms with Gasteiger partial charge in [0.15, 0.2) is 11.5 Å². The van der Waals surface area contributed by atoms with Crippen molar-refractivity contribution in [3.05, 3.63) is 22.7 Å². The molecule has 0 heterocycles. The molecule has 0 spiro atoms. The second kappa shape index (κ2) is 6.49. The van der Waals surface area contributed by atoms with Crippen LogP contribution in [-0.4, -0.2) is 19.8 Å². The minimum atomic E-state index is 0.152. The zero-order chi connectivity index (χ0) is 13.8. The van der Waals surface area contributed by atoms with E-state index >= 15 is 0 Å². The largest absolute Gasteiger partial charge is 0.493 e. The van der Waals surface area contributed by atoms with Gasteiger partial charge in [0, 0.05) is 6.04 Å². The summed E-state index contributed by atoms with van der Waals surface area (Å²) in [7, 11) is 1.64. The normalized spacial score (nSPS) is 16.2. The second-order valence-corrected chi connectivity index (χ2v) is 5.64. The molecule has 0 aromatic heterocycles. The van der Waals surface area contributed by atoms with Gasteiger partial charge < -0.3 is 15.2 Å². The van der Waals surface area contributed by atoms with Crippen molar-refractivity contribution >= 4 is 11.6 Å². The van der Waals surface area contributed by atoms with Crippen LogP contribution in [0.3, 0.4) is 0 Å². The second-order valence-electron chi connectivity index (χ2n) is 5.24. The van der Waals surface area contributed by atoms with Crippen molar-refractivity contribution in [1.29, 1.82) is 0 Å². The molecular formula is C15H22ClNO2. The van der Waals surface area contributed by atoms with Crippen LogP contribution in [0.4, 0.5) is 0 Å². The Morgan fingerprint density at radius 3 is 2.74 bits per heavy atom. The molecule has 1 aliphatic carbocycles. The fourth-order valence-corrected chi connectivity index (χ4v) is 2.25. The maximum absolute atomic E-state index is 6.30. The van der Waals surface area contributed by atoms with E-state index in [1.165, 1.54) is 12.8 Å². The summed E-state index contributed by atoms with van der Waals surface area (Å²) < 4.78 is 11.2. The number of methoxy groups -OCH3 is 1. The number of rotatable bonds is 7. The smallest absolute Gasteiger partial charge is 0.179 e. The van der Waals surface area contributed by atoms with E-state index in [9.17, 15) is 0 Å². The highest BCUT2D eigenvalue weighted by Gasteiger charge is 2.23. The lowest BCUT2D eigenvalue weighted by atomic mass is 10.0. The molecule has 0 aliphatic heterocycles. The number of nitrogens with two attached hydrogens (primary N) is 1. The van der Waals surface area contributed by atoms with Crippen molar-refractivity contribution < 1.29 is 9.47 Å². The quantitative estimate of drug-likeness (QED) is 0.834. The monoisotopic (exact) mass is 283 g/mol. The van der Waals surface area contributed by atoms with Gasteiger partial charge in [-0.25, -0.2) is 0 Å². The predicted molar refractivity (Wildman–Crippen MR) is 78.2 cm³/mol. The van der Waals surface area contributed by atoms with Gasteiger partial charge in [0.05, 0.1) is 18.7 Å². The molecule has 1 aliphatic rings. The van der Waals surface area contributed by atoms with Crippen LogP contribution in [0.2, 0.25) is 5.02 Å². The van der Waals surface area contributed by atoms with E-state index < -0.39 is 0 Å². The number of hydrogen-bond donors (Lipinski definition) is 1. The topological polar surface area (TPSA) is 44.5 Å². The average Bonchev–Trinajstić information content (AvgIpc) is 3.20. The molecule has 106 valence electrons. The average molecular weight is 284 g/mol. The lowest BCUT2D eigenvalue weighted by Gasteiger charge is -2.15. The van der Waals surface area contributed by atoms with E-state index in [0.717, 1.165) is 25.0 Å². The summed E-state index contributed by atoms with van der Waals surface area (Å²) in [5.41, 5.74) is 7.07. The Balaban J connectivity index is 2.13. The Bertz CT molecular complexity index is 432. The predicted octanol–water partition coefficient (Wildman–Crippen LogP) is 3.42. The maximum atomic E-state index is 6.30. The summed E-state index contributed by atoms with van der Waals surface area (Å²) in [5.74, 6) is 2.05. The van der Waals surface area contributed by atoms with E-state index in [4.69, 9.17) is 26.8 Å². The van der Waals surface area contributed by atoms with Gasteiger partial charge in [-0.15, -0.1) is 0 Å². The molecule has 19 heavy (non-hydrogen) atoms. The first-order chi connectivity index (χ1) is 9.13. The fourth-order valence-electron chi connectivity index (χ4n) is 1.96. The van der Waals surface area contributed by atoms with E-state index in [1.54, 1.807) is 7.11 Å². The van der Waals surface area contributed by atoms with Crippen LogP contribution < -0.4 is 15.2 Å². The van der Waals surface area contributed by atoms with Gasteiger partial charge in [-0.3, -0.25) is 0 Å². The molecule has 0 amide bonds. The summed E-state index contributed by atoms with van der Waals surface area (Å²) in [6.07, 6.45) is 4.25. The molecular weight excluding hydrogens is 262 g/mol. The molecule has 2 rings (SSSR count). The summed E-state index contributed by atoms with van der Waals surface area (Å²) >= 11 is 6.30. The lowest BCUT2D eigenvalue weighted by molar-refractivity contribution is 0.280. The van der Waals surface area contributed by atoms with Crippen molar-refractivity contribution in [3.8, 4) is 11.5 Å². The first-order valence-corrected chi connectivity index (χ1v) is 7.26. The maximum Gasteiger partial charge on any atom is 0.179 e. The Morgan fingerprint density at radius 2 is 2.16 bits per heavy atom. The number of halogens is 1. The zero-order valence-corrected chi connectivity index (χ0v) is 12.4. The van der Waals surface area contributed by atoms with Gasteiger partial charge in [0.1, 0.15) is 0 Å². The number of benzene rings is 1. The standard InChI is InChI=1S/C15H22ClNO2/c1-3-12(17)6-11-7-13(16)15(14(8-11)18-2)19-9-10-4-5-10/h7-8,10,12H,3-6,9,17H2,1-2H3. The number of ether oxygens (including phenoxy) is 2. The Morgan fingerprint density at radius 1 is 1.42 bits per heavy atom. The van der Waals surface area contributed by atoms with Crippen LogP contribution in [0.25, 0.3) is 0 Å². The van der Waals surface area contributed by atoms with E-state index in [0.29, 0.717) is 22.4 Å². The van der Waals surface area contributed by atoms with E-state index in [2.05, 4.69) is 6.92 Å². The van der Waals surface area contributed by atoms with Crippen LogP contribution in [0.1, 0.15) is 31.7 Å². The molecule has 0 bridgehead atoms. The van der Waals surface area contributed by atoms with Gasteiger partial charge in [-0.2, -0.15) is 0 Å². The molecule has 3 nitrogen and oxygen atoms in total. The minimum Gasteiger partial charge on any atom is -0.493 e. The van der Waals surface area contributed by atoms with Crippen LogP contribution in [-0.2, 0) is 6.42 Å². The fraction of sp³-hybridized carbons (Fsp3) is 0.600. The van der Waals surface area contributed by atoms with Crippen molar-refractivity contribution in [2.45, 2.75) is 38.6 Å². The van der Waals surface area contributed by atoms with Gasteiger partial charge >= 0.3 is 0 Å². The van der Waals surface area contributed by atoms with Gasteiger partial charge in [-0.1, -0.05) is 18.5 Å². The third kappa shape index (κ3) is 4.02. The molecule has 1 atom stereocenters. The molecule has 1 aromatic carbocycles. The van der Waals surface area contributed by atoms with Crippen LogP contribution in [0.5, 0.6) is 11.5 Å². The Labute approximate surface area is 120 Å². The molecule has 0 saturated heterocycles. The first-order valence-electron chi connectivity index (χ1n) is 6.88. The zero-order valence-electron chi connectivity index (χ0n) is 11.6. The van der Waals surface area contributed by atoms with Crippen molar-refractivity contribution in [3.63, 3.8) is 0 Å². The molecule has 4 heteroatoms. The van der Waals surface area contributed by atoms with Crippen LogP contribution >= 0.6 is 11.6 Å². The van der Waals surface area contributed by atoms with Crippen molar-refractivity contribution in [2.75, 3.05) is 13.7 Å². The van der Waals surface area contributed by atoms with Gasteiger partial charge in [-0.05, 0) is 49.3 Å². The third-order valence-electron chi connectivity index (χ3n) is 3.47. The van der Waals surface area contributed by atoms with E-state index in [-0.39, 0.29) is 6.04 Å². The van der Waals surface area contributed by atoms with Crippen molar-refractivity contribution in [2.24, 2.45) is 11.7 Å². The highest BCUT2D eigenvalue weighted by molar-refractivity contribution is 6.32. The van der Waals surface area contributed by atoms with Crippen LogP contribution in [0, 0.1) is 5.92 Å². The summed E-state index contributed by atoms with van der Waals surface area (Å²) in [6.45, 7) is 2.81. The minimum absolute atomic E-state index is 0.152. The van der Waals surface area contributed by atoms with E-state index in [1.807, 2.05) is 12.1 Å². The molecule has 1 unspecified atom stereocenters. The van der Waals surface area contributed by atoms with Crippen molar-refractivity contribution in [1.82, 2.24) is 0 Å². The summed E-state index contributed by atoms with van der Waals surface area (Å²) in [6, 6.07) is 4.06. The number of hydrogen-bond acceptors (Lipinski definition) is 3. The molecule has 1 saturated carbocycles. The SMILES string of the molecule is CCC(N)Cc1cc(Cl)c(OCC2CC2)c(OC)c1. The first kappa shape index (κ1) is 14.5. The molecule has 1 fully saturated rings. The van der Waals surface area contributed by atoms with Crippen LogP contribution in [0.15, 0.2) is 12.1 Å².